The lowest BCUT2D eigenvalue weighted by Gasteiger charge is -2.15. The number of amides is 1. The molecular formula is C20H22ClN3OS4. The topological polar surface area (TPSA) is 46.1 Å². The predicted octanol–water partition coefficient (Wildman–Crippen LogP) is 6.42. The minimum atomic E-state index is 0.0640. The first-order valence-electron chi connectivity index (χ1n) is 9.07. The first-order chi connectivity index (χ1) is 13.9. The zero-order chi connectivity index (χ0) is 20.8. The summed E-state index contributed by atoms with van der Waals surface area (Å²) in [6.07, 6.45) is 0. The Morgan fingerprint density at radius 1 is 1.07 bits per heavy atom. The number of carbonyl (C=O) groups excluding carboxylic acids is 1. The average molecular weight is 484 g/mol. The van der Waals surface area contributed by atoms with Gasteiger partial charge in [0.05, 0.1) is 16.6 Å². The Kier molecular flexibility index (Phi) is 8.44. The van der Waals surface area contributed by atoms with Crippen LogP contribution in [0.5, 0.6) is 0 Å². The van der Waals surface area contributed by atoms with Gasteiger partial charge in [-0.1, -0.05) is 84.6 Å². The molecule has 29 heavy (non-hydrogen) atoms. The molecule has 1 aromatic carbocycles. The van der Waals surface area contributed by atoms with Crippen LogP contribution in [0, 0.1) is 0 Å². The number of rotatable bonds is 9. The van der Waals surface area contributed by atoms with E-state index < -0.39 is 0 Å². The van der Waals surface area contributed by atoms with E-state index in [1.165, 1.54) is 45.6 Å². The highest BCUT2D eigenvalue weighted by Crippen LogP contribution is 2.31. The zero-order valence-corrected chi connectivity index (χ0v) is 20.4. The minimum Gasteiger partial charge on any atom is -0.340 e. The fourth-order valence-corrected chi connectivity index (χ4v) is 6.51. The summed E-state index contributed by atoms with van der Waals surface area (Å²) in [5.41, 5.74) is 2.62. The standard InChI is InChI=1S/C20H22ClN3OS4/c1-13(2)15-6-4-14(5-7-15)11-26-19-22-23-20(29-19)27-12-18(25)24(3)10-16-8-9-17(21)28-16/h4-9,13H,10-12H2,1-3H3. The molecule has 0 N–H and O–H groups in total. The van der Waals surface area contributed by atoms with Crippen LogP contribution in [-0.4, -0.2) is 33.8 Å². The van der Waals surface area contributed by atoms with E-state index >= 15 is 0 Å². The van der Waals surface area contributed by atoms with Crippen LogP contribution in [-0.2, 0) is 17.1 Å². The van der Waals surface area contributed by atoms with Crippen molar-refractivity contribution in [1.29, 1.82) is 0 Å². The summed E-state index contributed by atoms with van der Waals surface area (Å²) in [5.74, 6) is 1.83. The molecular weight excluding hydrogens is 462 g/mol. The molecule has 0 spiro atoms. The summed E-state index contributed by atoms with van der Waals surface area (Å²) in [5, 5.41) is 8.45. The molecule has 2 heterocycles. The number of benzene rings is 1. The molecule has 0 aliphatic carbocycles. The van der Waals surface area contributed by atoms with Gasteiger partial charge in [0.2, 0.25) is 5.91 Å². The third-order valence-electron chi connectivity index (χ3n) is 4.16. The van der Waals surface area contributed by atoms with Crippen LogP contribution in [0.15, 0.2) is 45.1 Å². The molecule has 3 rings (SSSR count). The maximum atomic E-state index is 12.3. The lowest BCUT2D eigenvalue weighted by Crippen LogP contribution is -2.27. The zero-order valence-electron chi connectivity index (χ0n) is 16.4. The van der Waals surface area contributed by atoms with E-state index in [1.54, 1.807) is 16.7 Å². The van der Waals surface area contributed by atoms with Crippen LogP contribution in [0.4, 0.5) is 0 Å². The molecule has 0 fully saturated rings. The highest BCUT2D eigenvalue weighted by molar-refractivity contribution is 8.03. The van der Waals surface area contributed by atoms with Gasteiger partial charge in [-0.05, 0) is 29.2 Å². The summed E-state index contributed by atoms with van der Waals surface area (Å²) in [6, 6.07) is 12.5. The molecule has 0 atom stereocenters. The summed E-state index contributed by atoms with van der Waals surface area (Å²) in [6.45, 7) is 4.97. The number of hydrogen-bond donors (Lipinski definition) is 0. The first kappa shape index (κ1) is 22.6. The fourth-order valence-electron chi connectivity index (χ4n) is 2.45. The molecule has 1 amide bonds. The number of nitrogens with zero attached hydrogens (tertiary/aromatic N) is 3. The van der Waals surface area contributed by atoms with E-state index in [9.17, 15) is 4.79 Å². The Bertz CT molecular complexity index is 939. The lowest BCUT2D eigenvalue weighted by atomic mass is 10.0. The van der Waals surface area contributed by atoms with Crippen LogP contribution >= 0.6 is 57.8 Å². The van der Waals surface area contributed by atoms with Crippen molar-refractivity contribution in [1.82, 2.24) is 15.1 Å². The number of thioether (sulfide) groups is 2. The van der Waals surface area contributed by atoms with Gasteiger partial charge in [-0.2, -0.15) is 0 Å². The Balaban J connectivity index is 1.44. The van der Waals surface area contributed by atoms with Crippen LogP contribution in [0.25, 0.3) is 0 Å². The normalized spacial score (nSPS) is 11.2. The van der Waals surface area contributed by atoms with Crippen molar-refractivity contribution in [2.75, 3.05) is 12.8 Å². The quantitative estimate of drug-likeness (QED) is 0.328. The molecule has 0 aliphatic heterocycles. The van der Waals surface area contributed by atoms with Gasteiger partial charge in [0.25, 0.3) is 0 Å². The van der Waals surface area contributed by atoms with Crippen molar-refractivity contribution in [2.45, 2.75) is 40.7 Å². The first-order valence-corrected chi connectivity index (χ1v) is 13.0. The van der Waals surface area contributed by atoms with Crippen LogP contribution in [0.2, 0.25) is 4.34 Å². The summed E-state index contributed by atoms with van der Waals surface area (Å²) in [4.78, 5) is 15.1. The molecule has 154 valence electrons. The van der Waals surface area contributed by atoms with Gasteiger partial charge in [0.1, 0.15) is 0 Å². The van der Waals surface area contributed by atoms with Crippen molar-refractivity contribution >= 4 is 63.7 Å². The van der Waals surface area contributed by atoms with Gasteiger partial charge in [-0.25, -0.2) is 0 Å². The molecule has 0 unspecified atom stereocenters. The third kappa shape index (κ3) is 7.00. The fraction of sp³-hybridized carbons (Fsp3) is 0.350. The molecule has 2 aromatic heterocycles. The van der Waals surface area contributed by atoms with Crippen molar-refractivity contribution in [3.05, 3.63) is 56.7 Å². The maximum absolute atomic E-state index is 12.3. The third-order valence-corrected chi connectivity index (χ3v) is 8.63. The van der Waals surface area contributed by atoms with E-state index in [0.717, 1.165) is 23.6 Å². The van der Waals surface area contributed by atoms with Crippen LogP contribution in [0.1, 0.15) is 35.8 Å². The Labute approximate surface area is 193 Å². The Morgan fingerprint density at radius 2 is 1.76 bits per heavy atom. The van der Waals surface area contributed by atoms with Gasteiger partial charge in [-0.15, -0.1) is 21.5 Å². The van der Waals surface area contributed by atoms with Crippen molar-refractivity contribution in [3.63, 3.8) is 0 Å². The van der Waals surface area contributed by atoms with Crippen LogP contribution in [0.3, 0.4) is 0 Å². The number of halogens is 1. The second-order valence-electron chi connectivity index (χ2n) is 6.76. The monoisotopic (exact) mass is 483 g/mol. The predicted molar refractivity (Wildman–Crippen MR) is 127 cm³/mol. The minimum absolute atomic E-state index is 0.0640. The molecule has 0 aliphatic rings. The van der Waals surface area contributed by atoms with E-state index in [4.69, 9.17) is 11.6 Å². The largest absolute Gasteiger partial charge is 0.340 e. The van der Waals surface area contributed by atoms with E-state index in [2.05, 4.69) is 48.3 Å². The SMILES string of the molecule is CC(C)c1ccc(CSc2nnc(SCC(=O)N(C)Cc3ccc(Cl)s3)s2)cc1. The van der Waals surface area contributed by atoms with Gasteiger partial charge in [-0.3, -0.25) is 4.79 Å². The molecule has 4 nitrogen and oxygen atoms in total. The second-order valence-corrected chi connectivity index (χ2v) is 12.0. The molecule has 0 saturated carbocycles. The lowest BCUT2D eigenvalue weighted by molar-refractivity contribution is -0.127. The molecule has 0 radical (unpaired) electrons. The molecule has 9 heteroatoms. The molecule has 0 saturated heterocycles. The number of thiophene rings is 1. The average Bonchev–Trinajstić information content (AvgIpc) is 3.33. The van der Waals surface area contributed by atoms with E-state index in [0.29, 0.717) is 18.2 Å². The smallest absolute Gasteiger partial charge is 0.233 e. The van der Waals surface area contributed by atoms with E-state index in [1.807, 2.05) is 19.2 Å². The van der Waals surface area contributed by atoms with Crippen LogP contribution < -0.4 is 0 Å². The maximum Gasteiger partial charge on any atom is 0.233 e. The highest BCUT2D eigenvalue weighted by atomic mass is 35.5. The summed E-state index contributed by atoms with van der Waals surface area (Å²) in [7, 11) is 1.81. The summed E-state index contributed by atoms with van der Waals surface area (Å²) < 4.78 is 2.49. The second kappa shape index (κ2) is 10.8. The Hall–Kier alpha value is -1.06. The van der Waals surface area contributed by atoms with Gasteiger partial charge in [0, 0.05) is 17.7 Å². The number of aromatic nitrogens is 2. The number of hydrogen-bond acceptors (Lipinski definition) is 7. The number of carbonyl (C=O) groups is 1. The van der Waals surface area contributed by atoms with E-state index in [-0.39, 0.29) is 5.91 Å². The van der Waals surface area contributed by atoms with Crippen molar-refractivity contribution in [3.8, 4) is 0 Å². The highest BCUT2D eigenvalue weighted by Gasteiger charge is 2.13. The van der Waals surface area contributed by atoms with Crippen molar-refractivity contribution < 1.29 is 4.79 Å². The molecule has 0 bridgehead atoms. The Morgan fingerprint density at radius 3 is 2.38 bits per heavy atom. The van der Waals surface area contributed by atoms with Crippen molar-refractivity contribution in [2.24, 2.45) is 0 Å². The molecule has 3 aromatic rings. The summed E-state index contributed by atoms with van der Waals surface area (Å²) >= 11 is 12.1. The van der Waals surface area contributed by atoms with Gasteiger partial charge >= 0.3 is 0 Å². The van der Waals surface area contributed by atoms with Gasteiger partial charge < -0.3 is 4.90 Å². The van der Waals surface area contributed by atoms with Gasteiger partial charge in [0.15, 0.2) is 8.68 Å².